The van der Waals surface area contributed by atoms with Crippen LogP contribution in [0.3, 0.4) is 0 Å². The summed E-state index contributed by atoms with van der Waals surface area (Å²) in [5.41, 5.74) is 1.13. The number of unbranched alkanes of at least 4 members (excludes halogenated alkanes) is 3. The lowest BCUT2D eigenvalue weighted by molar-refractivity contribution is -0.137. The molecule has 0 radical (unpaired) electrons. The lowest BCUT2D eigenvalue weighted by atomic mass is 10.1. The van der Waals surface area contributed by atoms with Gasteiger partial charge in [0.15, 0.2) is 0 Å². The normalized spacial score (nSPS) is 11.8. The number of carbonyl (C=O) groups is 1. The van der Waals surface area contributed by atoms with Crippen molar-refractivity contribution in [2.75, 3.05) is 13.1 Å². The Bertz CT molecular complexity index is 581. The summed E-state index contributed by atoms with van der Waals surface area (Å²) in [6.07, 6.45) is 5.48. The molecule has 1 aromatic carbocycles. The van der Waals surface area contributed by atoms with E-state index < -0.39 is 16.0 Å². The Morgan fingerprint density at radius 1 is 1.09 bits per heavy atom. The smallest absolute Gasteiger partial charge is 0.304 e. The maximum Gasteiger partial charge on any atom is 0.304 e. The van der Waals surface area contributed by atoms with E-state index in [1.807, 2.05) is 12.1 Å². The fourth-order valence-corrected chi connectivity index (χ4v) is 3.85. The van der Waals surface area contributed by atoms with E-state index in [2.05, 4.69) is 6.92 Å². The van der Waals surface area contributed by atoms with Gasteiger partial charge in [0.2, 0.25) is 10.0 Å². The third-order valence-electron chi connectivity index (χ3n) is 3.81. The number of hydrogen-bond acceptors (Lipinski definition) is 3. The number of carboxylic acids is 1. The highest BCUT2D eigenvalue weighted by molar-refractivity contribution is 7.89. The Hall–Kier alpha value is -1.40. The van der Waals surface area contributed by atoms with E-state index in [0.29, 0.717) is 0 Å². The van der Waals surface area contributed by atoms with Crippen LogP contribution >= 0.6 is 0 Å². The van der Waals surface area contributed by atoms with Gasteiger partial charge in [0, 0.05) is 13.1 Å². The van der Waals surface area contributed by atoms with Crippen LogP contribution in [0.1, 0.15) is 51.5 Å². The summed E-state index contributed by atoms with van der Waals surface area (Å²) in [7, 11) is -3.62. The molecule has 1 aromatic rings. The predicted molar refractivity (Wildman–Crippen MR) is 91.0 cm³/mol. The molecule has 0 atom stereocenters. The number of hydrogen-bond donors (Lipinski definition) is 1. The van der Waals surface area contributed by atoms with Crippen LogP contribution in [0.4, 0.5) is 0 Å². The molecule has 0 bridgehead atoms. The Morgan fingerprint density at radius 2 is 1.74 bits per heavy atom. The minimum Gasteiger partial charge on any atom is -0.481 e. The Kier molecular flexibility index (Phi) is 8.26. The van der Waals surface area contributed by atoms with Gasteiger partial charge in [-0.25, -0.2) is 8.42 Å². The van der Waals surface area contributed by atoms with Crippen molar-refractivity contribution >= 4 is 16.0 Å². The predicted octanol–water partition coefficient (Wildman–Crippen LogP) is 3.29. The van der Waals surface area contributed by atoms with Crippen LogP contribution in [0.5, 0.6) is 0 Å². The molecule has 0 aliphatic heterocycles. The van der Waals surface area contributed by atoms with Crippen LogP contribution < -0.4 is 0 Å². The first-order valence-corrected chi connectivity index (χ1v) is 9.66. The summed E-state index contributed by atoms with van der Waals surface area (Å²) < 4.78 is 26.2. The maximum atomic E-state index is 12.5. The van der Waals surface area contributed by atoms with Crippen LogP contribution in [0.15, 0.2) is 29.2 Å². The molecule has 0 amide bonds. The molecule has 0 saturated carbocycles. The standard InChI is InChI=1S/C17H27NO4S/c1-3-5-6-7-8-15-9-11-16(12-10-15)23(21,22)18(4-2)14-13-17(19)20/h9-12H,3-8,13-14H2,1-2H3,(H,19,20). The van der Waals surface area contributed by atoms with Crippen molar-refractivity contribution in [3.63, 3.8) is 0 Å². The minimum absolute atomic E-state index is 0.00701. The molecule has 0 saturated heterocycles. The molecule has 0 spiro atoms. The van der Waals surface area contributed by atoms with E-state index in [9.17, 15) is 13.2 Å². The average Bonchev–Trinajstić information content (AvgIpc) is 2.52. The minimum atomic E-state index is -3.62. The van der Waals surface area contributed by atoms with Gasteiger partial charge in [0.25, 0.3) is 0 Å². The van der Waals surface area contributed by atoms with Gasteiger partial charge in [-0.1, -0.05) is 45.2 Å². The largest absolute Gasteiger partial charge is 0.481 e. The molecule has 0 heterocycles. The van der Waals surface area contributed by atoms with Gasteiger partial charge in [-0.3, -0.25) is 4.79 Å². The molecule has 23 heavy (non-hydrogen) atoms. The van der Waals surface area contributed by atoms with E-state index in [-0.39, 0.29) is 24.4 Å². The van der Waals surface area contributed by atoms with Gasteiger partial charge in [-0.05, 0) is 30.5 Å². The summed E-state index contributed by atoms with van der Waals surface area (Å²) in [5, 5.41) is 8.73. The highest BCUT2D eigenvalue weighted by Gasteiger charge is 2.23. The van der Waals surface area contributed by atoms with E-state index >= 15 is 0 Å². The summed E-state index contributed by atoms with van der Waals surface area (Å²) in [6.45, 7) is 4.13. The summed E-state index contributed by atoms with van der Waals surface area (Å²) >= 11 is 0. The molecule has 1 rings (SSSR count). The Balaban J connectivity index is 2.73. The highest BCUT2D eigenvalue weighted by atomic mass is 32.2. The van der Waals surface area contributed by atoms with Crippen molar-refractivity contribution in [2.24, 2.45) is 0 Å². The van der Waals surface area contributed by atoms with Gasteiger partial charge in [0.1, 0.15) is 0 Å². The molecule has 130 valence electrons. The maximum absolute atomic E-state index is 12.5. The van der Waals surface area contributed by atoms with Crippen LogP contribution in [-0.4, -0.2) is 36.9 Å². The zero-order valence-electron chi connectivity index (χ0n) is 14.0. The number of aryl methyl sites for hydroxylation is 1. The summed E-state index contributed by atoms with van der Waals surface area (Å²) in [4.78, 5) is 10.9. The van der Waals surface area contributed by atoms with Gasteiger partial charge in [-0.15, -0.1) is 0 Å². The van der Waals surface area contributed by atoms with Crippen molar-refractivity contribution in [2.45, 2.75) is 57.3 Å². The molecule has 0 unspecified atom stereocenters. The highest BCUT2D eigenvalue weighted by Crippen LogP contribution is 2.18. The second kappa shape index (κ2) is 9.67. The third kappa shape index (κ3) is 6.31. The lowest BCUT2D eigenvalue weighted by Crippen LogP contribution is -2.32. The molecule has 6 heteroatoms. The second-order valence-electron chi connectivity index (χ2n) is 5.60. The lowest BCUT2D eigenvalue weighted by Gasteiger charge is -2.19. The van der Waals surface area contributed by atoms with Gasteiger partial charge >= 0.3 is 5.97 Å². The third-order valence-corrected chi connectivity index (χ3v) is 5.80. The quantitative estimate of drug-likeness (QED) is 0.627. The molecule has 0 aliphatic carbocycles. The van der Waals surface area contributed by atoms with Crippen LogP contribution in [0, 0.1) is 0 Å². The number of rotatable bonds is 11. The number of sulfonamides is 1. The van der Waals surface area contributed by atoms with Gasteiger partial charge in [0.05, 0.1) is 11.3 Å². The first-order valence-electron chi connectivity index (χ1n) is 8.22. The summed E-state index contributed by atoms with van der Waals surface area (Å²) in [5.74, 6) is -0.999. The first kappa shape index (κ1) is 19.6. The van der Waals surface area contributed by atoms with E-state index in [1.54, 1.807) is 19.1 Å². The van der Waals surface area contributed by atoms with Crippen molar-refractivity contribution in [3.05, 3.63) is 29.8 Å². The molecule has 0 aromatic heterocycles. The van der Waals surface area contributed by atoms with E-state index in [1.165, 1.54) is 23.6 Å². The van der Waals surface area contributed by atoms with Crippen LogP contribution in [0.2, 0.25) is 0 Å². The monoisotopic (exact) mass is 341 g/mol. The number of nitrogens with zero attached hydrogens (tertiary/aromatic N) is 1. The molecule has 1 N–H and O–H groups in total. The average molecular weight is 341 g/mol. The van der Waals surface area contributed by atoms with E-state index in [0.717, 1.165) is 18.4 Å². The zero-order chi connectivity index (χ0) is 17.3. The Morgan fingerprint density at radius 3 is 2.26 bits per heavy atom. The van der Waals surface area contributed by atoms with Crippen LogP contribution in [0.25, 0.3) is 0 Å². The summed E-state index contributed by atoms with van der Waals surface area (Å²) in [6, 6.07) is 6.94. The van der Waals surface area contributed by atoms with Crippen molar-refractivity contribution in [1.82, 2.24) is 4.31 Å². The molecule has 0 aliphatic rings. The fraction of sp³-hybridized carbons (Fsp3) is 0.588. The molecule has 5 nitrogen and oxygen atoms in total. The van der Waals surface area contributed by atoms with E-state index in [4.69, 9.17) is 5.11 Å². The first-order chi connectivity index (χ1) is 10.9. The molecular weight excluding hydrogens is 314 g/mol. The van der Waals surface area contributed by atoms with Crippen molar-refractivity contribution in [3.8, 4) is 0 Å². The van der Waals surface area contributed by atoms with Crippen molar-refractivity contribution in [1.29, 1.82) is 0 Å². The number of benzene rings is 1. The van der Waals surface area contributed by atoms with Gasteiger partial charge < -0.3 is 5.11 Å². The fourth-order valence-electron chi connectivity index (χ4n) is 2.40. The number of aliphatic carboxylic acids is 1. The molecule has 0 fully saturated rings. The SMILES string of the molecule is CCCCCCc1ccc(S(=O)(=O)N(CC)CCC(=O)O)cc1. The molecular formula is C17H27NO4S. The zero-order valence-corrected chi connectivity index (χ0v) is 14.8. The van der Waals surface area contributed by atoms with Crippen molar-refractivity contribution < 1.29 is 18.3 Å². The van der Waals surface area contributed by atoms with Crippen LogP contribution in [-0.2, 0) is 21.2 Å². The second-order valence-corrected chi connectivity index (χ2v) is 7.53. The number of carboxylic acid groups (broad SMARTS) is 1. The topological polar surface area (TPSA) is 74.7 Å². The Labute approximate surface area is 139 Å². The van der Waals surface area contributed by atoms with Gasteiger partial charge in [-0.2, -0.15) is 4.31 Å².